The second-order valence-corrected chi connectivity index (χ2v) is 9.39. The Balaban J connectivity index is 1.55. The smallest absolute Gasteiger partial charge is 0.325 e. The van der Waals surface area contributed by atoms with Gasteiger partial charge in [-0.2, -0.15) is 13.2 Å². The summed E-state index contributed by atoms with van der Waals surface area (Å²) in [7, 11) is 0. The van der Waals surface area contributed by atoms with E-state index in [2.05, 4.69) is 5.32 Å². The Bertz CT molecular complexity index is 1410. The van der Waals surface area contributed by atoms with Crippen molar-refractivity contribution in [1.82, 2.24) is 9.47 Å². The molecule has 2 aromatic carbocycles. The van der Waals surface area contributed by atoms with Crippen LogP contribution in [0.2, 0.25) is 0 Å². The number of aryl methyl sites for hydroxylation is 2. The normalized spacial score (nSPS) is 15.2. The van der Waals surface area contributed by atoms with Gasteiger partial charge in [0, 0.05) is 22.8 Å². The maximum Gasteiger partial charge on any atom is 0.416 e. The number of rotatable bonds is 5. The summed E-state index contributed by atoms with van der Waals surface area (Å²) >= 11 is 0.713. The fourth-order valence-electron chi connectivity index (χ4n) is 4.00. The number of anilines is 1. The fraction of sp³-hybridized carbons (Fsp3) is 0.192. The van der Waals surface area contributed by atoms with Gasteiger partial charge in [0.05, 0.1) is 10.5 Å². The van der Waals surface area contributed by atoms with Crippen molar-refractivity contribution in [3.8, 4) is 5.69 Å². The van der Waals surface area contributed by atoms with E-state index in [4.69, 9.17) is 0 Å². The summed E-state index contributed by atoms with van der Waals surface area (Å²) in [6.45, 7) is 4.91. The Morgan fingerprint density at radius 1 is 1.03 bits per heavy atom. The van der Waals surface area contributed by atoms with E-state index in [0.29, 0.717) is 40.1 Å². The molecule has 0 aliphatic carbocycles. The highest BCUT2D eigenvalue weighted by Gasteiger charge is 2.36. The lowest BCUT2D eigenvalue weighted by atomic mass is 10.2. The average Bonchev–Trinajstić information content (AvgIpc) is 3.22. The maximum absolute atomic E-state index is 13.2. The molecule has 0 saturated carbocycles. The molecule has 0 spiro atoms. The van der Waals surface area contributed by atoms with Crippen LogP contribution in [0.3, 0.4) is 0 Å². The van der Waals surface area contributed by atoms with E-state index in [1.165, 1.54) is 12.1 Å². The van der Waals surface area contributed by atoms with Crippen molar-refractivity contribution in [1.29, 1.82) is 0 Å². The molecule has 3 aromatic rings. The van der Waals surface area contributed by atoms with E-state index in [1.54, 1.807) is 48.7 Å². The van der Waals surface area contributed by atoms with Crippen LogP contribution in [0.5, 0.6) is 0 Å². The van der Waals surface area contributed by atoms with Crippen LogP contribution in [0, 0.1) is 20.8 Å². The lowest BCUT2D eigenvalue weighted by Crippen LogP contribution is -2.36. The van der Waals surface area contributed by atoms with Gasteiger partial charge in [0.25, 0.3) is 11.1 Å². The van der Waals surface area contributed by atoms with E-state index in [9.17, 15) is 27.6 Å². The summed E-state index contributed by atoms with van der Waals surface area (Å²) in [6.07, 6.45) is -2.95. The zero-order valence-corrected chi connectivity index (χ0v) is 20.5. The number of thioether (sulfide) groups is 1. The molecule has 0 unspecified atom stereocenters. The highest BCUT2D eigenvalue weighted by Crippen LogP contribution is 2.35. The molecular weight excluding hydrogens is 491 g/mol. The number of nitrogens with one attached hydrogen (secondary N) is 1. The lowest BCUT2D eigenvalue weighted by molar-refractivity contribution is -0.137. The molecule has 2 heterocycles. The van der Waals surface area contributed by atoms with Crippen molar-refractivity contribution in [2.75, 3.05) is 11.9 Å². The van der Waals surface area contributed by atoms with Gasteiger partial charge in [-0.1, -0.05) is 18.2 Å². The zero-order chi connectivity index (χ0) is 26.2. The highest BCUT2D eigenvalue weighted by atomic mass is 32.2. The first-order valence-corrected chi connectivity index (χ1v) is 11.7. The SMILES string of the molecule is Cc1cccc(NC(=O)CN2C(=O)S/C(=C\c3cc(C)n(-c4cccc(C(F)(F)F)c4)c3C)C2=O)c1. The minimum absolute atomic E-state index is 0.132. The van der Waals surface area contributed by atoms with Gasteiger partial charge in [0.15, 0.2) is 0 Å². The van der Waals surface area contributed by atoms with Crippen molar-refractivity contribution in [2.45, 2.75) is 26.9 Å². The largest absolute Gasteiger partial charge is 0.416 e. The number of amides is 3. The first kappa shape index (κ1) is 25.3. The number of carbonyl (C=O) groups is 3. The van der Waals surface area contributed by atoms with E-state index in [0.717, 1.165) is 22.6 Å². The van der Waals surface area contributed by atoms with Gasteiger partial charge in [-0.25, -0.2) is 0 Å². The van der Waals surface area contributed by atoms with Crippen molar-refractivity contribution in [3.05, 3.63) is 87.6 Å². The van der Waals surface area contributed by atoms with Crippen LogP contribution in [0.1, 0.15) is 28.1 Å². The molecule has 1 fully saturated rings. The molecule has 1 N–H and O–H groups in total. The predicted molar refractivity (Wildman–Crippen MR) is 133 cm³/mol. The Morgan fingerprint density at radius 3 is 2.44 bits per heavy atom. The third kappa shape index (κ3) is 5.23. The number of hydrogen-bond acceptors (Lipinski definition) is 4. The average molecular weight is 514 g/mol. The number of imide groups is 1. The molecule has 1 aliphatic heterocycles. The van der Waals surface area contributed by atoms with E-state index in [1.807, 2.05) is 13.0 Å². The highest BCUT2D eigenvalue weighted by molar-refractivity contribution is 8.18. The number of nitrogens with zero attached hydrogens (tertiary/aromatic N) is 2. The zero-order valence-electron chi connectivity index (χ0n) is 19.6. The van der Waals surface area contributed by atoms with Crippen LogP contribution in [0.25, 0.3) is 11.8 Å². The number of carbonyl (C=O) groups excluding carboxylic acids is 3. The summed E-state index contributed by atoms with van der Waals surface area (Å²) in [4.78, 5) is 38.8. The molecule has 186 valence electrons. The van der Waals surface area contributed by atoms with Crippen molar-refractivity contribution >= 4 is 40.6 Å². The number of benzene rings is 2. The summed E-state index contributed by atoms with van der Waals surface area (Å²) in [5, 5.41) is 2.10. The summed E-state index contributed by atoms with van der Waals surface area (Å²) < 4.78 is 41.2. The molecule has 36 heavy (non-hydrogen) atoms. The molecule has 0 radical (unpaired) electrons. The van der Waals surface area contributed by atoms with Gasteiger partial charge in [0.1, 0.15) is 6.54 Å². The quantitative estimate of drug-likeness (QED) is 0.419. The first-order valence-electron chi connectivity index (χ1n) is 10.9. The maximum atomic E-state index is 13.2. The minimum Gasteiger partial charge on any atom is -0.325 e. The van der Waals surface area contributed by atoms with Crippen LogP contribution in [-0.2, 0) is 15.8 Å². The second kappa shape index (κ2) is 9.69. The molecule has 0 bridgehead atoms. The predicted octanol–water partition coefficient (Wildman–Crippen LogP) is 6.10. The van der Waals surface area contributed by atoms with Gasteiger partial charge >= 0.3 is 6.18 Å². The molecule has 6 nitrogen and oxygen atoms in total. The summed E-state index contributed by atoms with van der Waals surface area (Å²) in [5.74, 6) is -1.11. The Hall–Kier alpha value is -3.79. The van der Waals surface area contributed by atoms with Crippen LogP contribution in [0.15, 0.2) is 59.5 Å². The van der Waals surface area contributed by atoms with Crippen LogP contribution >= 0.6 is 11.8 Å². The van der Waals surface area contributed by atoms with Crippen molar-refractivity contribution in [3.63, 3.8) is 0 Å². The molecule has 1 aliphatic rings. The van der Waals surface area contributed by atoms with Gasteiger partial charge < -0.3 is 9.88 Å². The van der Waals surface area contributed by atoms with Crippen LogP contribution < -0.4 is 5.32 Å². The monoisotopic (exact) mass is 513 g/mol. The van der Waals surface area contributed by atoms with Gasteiger partial charge in [0.2, 0.25) is 5.91 Å². The molecule has 1 saturated heterocycles. The van der Waals surface area contributed by atoms with Gasteiger partial charge in [-0.15, -0.1) is 0 Å². The number of alkyl halides is 3. The molecule has 3 amide bonds. The minimum atomic E-state index is -4.47. The van der Waals surface area contributed by atoms with Crippen LogP contribution in [0.4, 0.5) is 23.7 Å². The Kier molecular flexibility index (Phi) is 6.81. The van der Waals surface area contributed by atoms with Crippen molar-refractivity contribution < 1.29 is 27.6 Å². The lowest BCUT2D eigenvalue weighted by Gasteiger charge is -2.13. The van der Waals surface area contributed by atoms with E-state index < -0.39 is 35.3 Å². The van der Waals surface area contributed by atoms with Gasteiger partial charge in [-0.05, 0) is 86.1 Å². The summed E-state index contributed by atoms with van der Waals surface area (Å²) in [5.41, 5.74) is 2.93. The Morgan fingerprint density at radius 2 is 1.75 bits per heavy atom. The molecule has 1 aromatic heterocycles. The topological polar surface area (TPSA) is 71.4 Å². The van der Waals surface area contributed by atoms with Gasteiger partial charge in [-0.3, -0.25) is 19.3 Å². The third-order valence-corrected chi connectivity index (χ3v) is 6.57. The molecule has 4 rings (SSSR count). The molecule has 0 atom stereocenters. The number of aromatic nitrogens is 1. The van der Waals surface area contributed by atoms with E-state index in [-0.39, 0.29) is 4.91 Å². The van der Waals surface area contributed by atoms with Crippen molar-refractivity contribution in [2.24, 2.45) is 0 Å². The fourth-order valence-corrected chi connectivity index (χ4v) is 4.83. The molecular formula is C26H22F3N3O3S. The Labute approximate surface area is 209 Å². The second-order valence-electron chi connectivity index (χ2n) is 8.40. The number of hydrogen-bond donors (Lipinski definition) is 1. The number of halogens is 3. The van der Waals surface area contributed by atoms with E-state index >= 15 is 0 Å². The standard InChI is InChI=1S/C26H22F3N3O3S/c1-15-6-4-8-20(10-15)30-23(33)14-31-24(34)22(36-25(31)35)12-18-11-16(2)32(17(18)3)21-9-5-7-19(13-21)26(27,28)29/h4-13H,14H2,1-3H3,(H,30,33)/b22-12-. The van der Waals surface area contributed by atoms with Crippen LogP contribution in [-0.4, -0.2) is 33.1 Å². The first-order chi connectivity index (χ1) is 16.9. The molecule has 10 heteroatoms. The third-order valence-electron chi connectivity index (χ3n) is 5.67. The summed E-state index contributed by atoms with van der Waals surface area (Å²) in [6, 6.07) is 13.8.